The van der Waals surface area contributed by atoms with E-state index in [1.807, 2.05) is 6.92 Å². The van der Waals surface area contributed by atoms with Crippen molar-refractivity contribution < 1.29 is 17.9 Å². The van der Waals surface area contributed by atoms with E-state index in [9.17, 15) is 13.2 Å². The number of nitrogens with two attached hydrogens (primary N) is 1. The van der Waals surface area contributed by atoms with Crippen molar-refractivity contribution in [3.8, 4) is 5.75 Å². The molecule has 8 heteroatoms. The zero-order valence-electron chi connectivity index (χ0n) is 11.9. The van der Waals surface area contributed by atoms with Gasteiger partial charge in [0, 0.05) is 6.54 Å². The lowest BCUT2D eigenvalue weighted by molar-refractivity contribution is -0.120. The summed E-state index contributed by atoms with van der Waals surface area (Å²) < 4.78 is 27.9. The van der Waals surface area contributed by atoms with Crippen LogP contribution in [0, 0.1) is 11.8 Å². The lowest BCUT2D eigenvalue weighted by atomic mass is 9.97. The molecule has 1 heterocycles. The molecule has 0 spiro atoms. The van der Waals surface area contributed by atoms with Crippen molar-refractivity contribution in [3.63, 3.8) is 0 Å². The average Bonchev–Trinajstić information content (AvgIpc) is 2.84. The van der Waals surface area contributed by atoms with E-state index in [4.69, 9.17) is 9.88 Å². The number of carbonyl (C=O) groups is 1. The number of hydrogen-bond donors (Lipinski definition) is 3. The van der Waals surface area contributed by atoms with Crippen molar-refractivity contribution in [2.75, 3.05) is 25.5 Å². The molecule has 0 radical (unpaired) electrons. The molecule has 1 saturated heterocycles. The summed E-state index contributed by atoms with van der Waals surface area (Å²) in [6, 6.07) is 4.11. The normalized spacial score (nSPS) is 22.0. The minimum Gasteiger partial charge on any atom is -0.495 e. The Kier molecular flexibility index (Phi) is 4.50. The van der Waals surface area contributed by atoms with Crippen LogP contribution in [0.2, 0.25) is 0 Å². The van der Waals surface area contributed by atoms with Gasteiger partial charge in [-0.1, -0.05) is 6.92 Å². The summed E-state index contributed by atoms with van der Waals surface area (Å²) in [6.45, 7) is 3.37. The fourth-order valence-electron chi connectivity index (χ4n) is 2.35. The van der Waals surface area contributed by atoms with Crippen molar-refractivity contribution >= 4 is 21.6 Å². The van der Waals surface area contributed by atoms with Crippen molar-refractivity contribution in [2.45, 2.75) is 11.8 Å². The zero-order valence-corrected chi connectivity index (χ0v) is 12.7. The van der Waals surface area contributed by atoms with Gasteiger partial charge in [0.05, 0.1) is 23.6 Å². The number of benzene rings is 1. The van der Waals surface area contributed by atoms with Crippen molar-refractivity contribution in [2.24, 2.45) is 17.0 Å². The molecule has 1 aliphatic heterocycles. The molecule has 1 aromatic carbocycles. The first-order valence-corrected chi connectivity index (χ1v) is 8.10. The molecule has 1 amide bonds. The molecule has 2 unspecified atom stereocenters. The monoisotopic (exact) mass is 313 g/mol. The molecule has 0 aliphatic carbocycles. The Hall–Kier alpha value is -1.64. The maximum absolute atomic E-state index is 12.3. The third kappa shape index (κ3) is 3.52. The van der Waals surface area contributed by atoms with Gasteiger partial charge in [-0.2, -0.15) is 0 Å². The molecule has 2 rings (SSSR count). The minimum absolute atomic E-state index is 0.0730. The van der Waals surface area contributed by atoms with Gasteiger partial charge in [-0.05, 0) is 30.7 Å². The third-order valence-corrected chi connectivity index (χ3v) is 4.52. The highest BCUT2D eigenvalue weighted by atomic mass is 32.2. The third-order valence-electron chi connectivity index (χ3n) is 3.61. The summed E-state index contributed by atoms with van der Waals surface area (Å²) >= 11 is 0. The maximum Gasteiger partial charge on any atom is 0.238 e. The summed E-state index contributed by atoms with van der Waals surface area (Å²) in [7, 11) is -2.39. The van der Waals surface area contributed by atoms with Crippen molar-refractivity contribution in [1.29, 1.82) is 0 Å². The summed E-state index contributed by atoms with van der Waals surface area (Å²) in [4.78, 5) is 12.2. The largest absolute Gasteiger partial charge is 0.495 e. The van der Waals surface area contributed by atoms with Gasteiger partial charge >= 0.3 is 0 Å². The van der Waals surface area contributed by atoms with Crippen LogP contribution in [0.1, 0.15) is 6.92 Å². The van der Waals surface area contributed by atoms with E-state index in [2.05, 4.69) is 10.6 Å². The van der Waals surface area contributed by atoms with Crippen LogP contribution >= 0.6 is 0 Å². The van der Waals surface area contributed by atoms with Gasteiger partial charge in [-0.3, -0.25) is 4.79 Å². The number of hydrogen-bond acceptors (Lipinski definition) is 5. The fraction of sp³-hybridized carbons (Fsp3) is 0.462. The second-order valence-electron chi connectivity index (χ2n) is 5.14. The number of nitrogens with one attached hydrogen (secondary N) is 2. The Morgan fingerprint density at radius 1 is 1.43 bits per heavy atom. The molecule has 1 aliphatic rings. The van der Waals surface area contributed by atoms with E-state index in [-0.39, 0.29) is 22.6 Å². The standard InChI is InChI=1S/C13H19N3O4S/c1-8-6-15-7-10(8)13(17)16-11-5-9(21(14,18)19)3-4-12(11)20-2/h3-5,8,10,15H,6-7H2,1-2H3,(H,16,17)(H2,14,18,19). The van der Waals surface area contributed by atoms with Gasteiger partial charge in [-0.15, -0.1) is 0 Å². The first-order chi connectivity index (χ1) is 9.82. The molecule has 116 valence electrons. The minimum atomic E-state index is -3.84. The molecule has 0 bridgehead atoms. The molecule has 1 fully saturated rings. The van der Waals surface area contributed by atoms with Gasteiger partial charge in [-0.25, -0.2) is 13.6 Å². The Balaban J connectivity index is 2.27. The van der Waals surface area contributed by atoms with E-state index in [1.54, 1.807) is 0 Å². The number of primary sulfonamides is 1. The highest BCUT2D eigenvalue weighted by Gasteiger charge is 2.30. The molecular formula is C13H19N3O4S. The van der Waals surface area contributed by atoms with Gasteiger partial charge < -0.3 is 15.4 Å². The number of amides is 1. The Morgan fingerprint density at radius 2 is 2.14 bits per heavy atom. The Bertz CT molecular complexity index is 645. The van der Waals surface area contributed by atoms with E-state index in [1.165, 1.54) is 25.3 Å². The predicted octanol–water partition coefficient (Wildman–Crippen LogP) is 0.137. The van der Waals surface area contributed by atoms with E-state index < -0.39 is 10.0 Å². The number of rotatable bonds is 4. The van der Waals surface area contributed by atoms with Gasteiger partial charge in [0.1, 0.15) is 5.75 Å². The van der Waals surface area contributed by atoms with Crippen LogP contribution in [0.3, 0.4) is 0 Å². The molecule has 4 N–H and O–H groups in total. The zero-order chi connectivity index (χ0) is 15.6. The summed E-state index contributed by atoms with van der Waals surface area (Å²) in [5.74, 6) is 0.275. The van der Waals surface area contributed by atoms with Gasteiger partial charge in [0.15, 0.2) is 0 Å². The number of methoxy groups -OCH3 is 1. The number of sulfonamides is 1. The second kappa shape index (κ2) is 6.00. The van der Waals surface area contributed by atoms with Crippen molar-refractivity contribution in [1.82, 2.24) is 5.32 Å². The van der Waals surface area contributed by atoms with Gasteiger partial charge in [0.25, 0.3) is 0 Å². The SMILES string of the molecule is COc1ccc(S(N)(=O)=O)cc1NC(=O)C1CNCC1C. The van der Waals surface area contributed by atoms with Gasteiger partial charge in [0.2, 0.25) is 15.9 Å². The highest BCUT2D eigenvalue weighted by Crippen LogP contribution is 2.28. The van der Waals surface area contributed by atoms with Crippen LogP contribution < -0.4 is 20.5 Å². The van der Waals surface area contributed by atoms with Crippen LogP contribution in [-0.4, -0.2) is 34.5 Å². The topological polar surface area (TPSA) is 111 Å². The fourth-order valence-corrected chi connectivity index (χ4v) is 2.89. The smallest absolute Gasteiger partial charge is 0.238 e. The summed E-state index contributed by atoms with van der Waals surface area (Å²) in [5, 5.41) is 11.0. The molecular weight excluding hydrogens is 294 g/mol. The second-order valence-corrected chi connectivity index (χ2v) is 6.70. The van der Waals surface area contributed by atoms with E-state index in [0.717, 1.165) is 6.54 Å². The first kappa shape index (κ1) is 15.7. The van der Waals surface area contributed by atoms with E-state index >= 15 is 0 Å². The molecule has 2 atom stereocenters. The average molecular weight is 313 g/mol. The van der Waals surface area contributed by atoms with Crippen LogP contribution in [0.15, 0.2) is 23.1 Å². The Labute approximate surface area is 123 Å². The lowest BCUT2D eigenvalue weighted by Gasteiger charge is -2.16. The molecule has 7 nitrogen and oxygen atoms in total. The lowest BCUT2D eigenvalue weighted by Crippen LogP contribution is -2.28. The predicted molar refractivity (Wildman–Crippen MR) is 78.5 cm³/mol. The summed E-state index contributed by atoms with van der Waals surface area (Å²) in [5.41, 5.74) is 0.299. The number of anilines is 1. The van der Waals surface area contributed by atoms with Crippen LogP contribution in [-0.2, 0) is 14.8 Å². The maximum atomic E-state index is 12.3. The number of carbonyl (C=O) groups excluding carboxylic acids is 1. The van der Waals surface area contributed by atoms with Crippen molar-refractivity contribution in [3.05, 3.63) is 18.2 Å². The number of ether oxygens (including phenoxy) is 1. The quantitative estimate of drug-likeness (QED) is 0.732. The Morgan fingerprint density at radius 3 is 2.67 bits per heavy atom. The van der Waals surface area contributed by atoms with Crippen LogP contribution in [0.5, 0.6) is 5.75 Å². The molecule has 0 saturated carbocycles. The molecule has 1 aromatic rings. The molecule has 0 aromatic heterocycles. The summed E-state index contributed by atoms with van der Waals surface area (Å²) in [6.07, 6.45) is 0. The van der Waals surface area contributed by atoms with E-state index in [0.29, 0.717) is 18.0 Å². The van der Waals surface area contributed by atoms with Crippen LogP contribution in [0.4, 0.5) is 5.69 Å². The highest BCUT2D eigenvalue weighted by molar-refractivity contribution is 7.89. The van der Waals surface area contributed by atoms with Crippen LogP contribution in [0.25, 0.3) is 0 Å². The first-order valence-electron chi connectivity index (χ1n) is 6.55. The molecule has 21 heavy (non-hydrogen) atoms.